The van der Waals surface area contributed by atoms with Gasteiger partial charge in [-0.05, 0) is 24.5 Å². The number of likely N-dealkylation sites (tertiary alicyclic amines) is 1. The number of nitrogens with one attached hydrogen (secondary N) is 1. The molecular formula is C18H25N3O3. The molecule has 3 aliphatic rings. The van der Waals surface area contributed by atoms with Crippen LogP contribution in [0.4, 0.5) is 0 Å². The second-order valence-electron chi connectivity index (χ2n) is 7.57. The summed E-state index contributed by atoms with van der Waals surface area (Å²) in [4.78, 5) is 26.6. The van der Waals surface area contributed by atoms with E-state index in [0.29, 0.717) is 36.6 Å². The van der Waals surface area contributed by atoms with Crippen molar-refractivity contribution in [3.63, 3.8) is 0 Å². The van der Waals surface area contributed by atoms with Gasteiger partial charge in [0, 0.05) is 50.6 Å². The zero-order chi connectivity index (χ0) is 16.8. The number of aromatic nitrogens is 1. The SMILES string of the molecule is CC1CC1C(=O)N1C[C@@H]2[C@@H](CNC(=O)c3cccn3C)CO[C@@H]2C1. The zero-order valence-electron chi connectivity index (χ0n) is 14.3. The van der Waals surface area contributed by atoms with Gasteiger partial charge in [0.05, 0.1) is 12.7 Å². The lowest BCUT2D eigenvalue weighted by atomic mass is 9.93. The van der Waals surface area contributed by atoms with E-state index in [0.717, 1.165) is 19.5 Å². The Labute approximate surface area is 142 Å². The van der Waals surface area contributed by atoms with E-state index in [4.69, 9.17) is 4.74 Å². The first-order chi connectivity index (χ1) is 11.5. The van der Waals surface area contributed by atoms with Crippen molar-refractivity contribution in [1.29, 1.82) is 0 Å². The maximum absolute atomic E-state index is 12.4. The summed E-state index contributed by atoms with van der Waals surface area (Å²) < 4.78 is 7.71. The van der Waals surface area contributed by atoms with Crippen molar-refractivity contribution in [1.82, 2.24) is 14.8 Å². The fourth-order valence-corrected chi connectivity index (χ4v) is 4.10. The molecule has 2 amide bonds. The van der Waals surface area contributed by atoms with Crippen LogP contribution in [0.15, 0.2) is 18.3 Å². The predicted molar refractivity (Wildman–Crippen MR) is 88.3 cm³/mol. The van der Waals surface area contributed by atoms with E-state index in [1.165, 1.54) is 0 Å². The summed E-state index contributed by atoms with van der Waals surface area (Å²) in [5.74, 6) is 1.65. The molecule has 24 heavy (non-hydrogen) atoms. The van der Waals surface area contributed by atoms with Crippen LogP contribution in [0, 0.1) is 23.7 Å². The van der Waals surface area contributed by atoms with Crippen LogP contribution in [0.2, 0.25) is 0 Å². The second kappa shape index (κ2) is 5.92. The maximum atomic E-state index is 12.4. The molecule has 0 spiro atoms. The maximum Gasteiger partial charge on any atom is 0.267 e. The van der Waals surface area contributed by atoms with Crippen LogP contribution < -0.4 is 5.32 Å². The number of hydrogen-bond acceptors (Lipinski definition) is 3. The molecule has 0 bridgehead atoms. The van der Waals surface area contributed by atoms with E-state index in [1.807, 2.05) is 34.8 Å². The summed E-state index contributed by atoms with van der Waals surface area (Å²) in [6.07, 6.45) is 3.03. The van der Waals surface area contributed by atoms with Gasteiger partial charge in [-0.3, -0.25) is 9.59 Å². The lowest BCUT2D eigenvalue weighted by molar-refractivity contribution is -0.132. The Kier molecular flexibility index (Phi) is 3.87. The van der Waals surface area contributed by atoms with E-state index in [9.17, 15) is 9.59 Å². The Morgan fingerprint density at radius 3 is 2.83 bits per heavy atom. The van der Waals surface area contributed by atoms with Gasteiger partial charge in [-0.15, -0.1) is 0 Å². The van der Waals surface area contributed by atoms with Crippen LogP contribution in [0.5, 0.6) is 0 Å². The molecule has 2 saturated heterocycles. The third-order valence-corrected chi connectivity index (χ3v) is 5.88. The number of ether oxygens (including phenoxy) is 1. The molecule has 0 aromatic carbocycles. The highest BCUT2D eigenvalue weighted by Crippen LogP contribution is 2.41. The Morgan fingerprint density at radius 2 is 2.17 bits per heavy atom. The van der Waals surface area contributed by atoms with Gasteiger partial charge >= 0.3 is 0 Å². The number of hydrogen-bond donors (Lipinski definition) is 1. The molecule has 4 rings (SSSR count). The molecule has 2 aliphatic heterocycles. The van der Waals surface area contributed by atoms with Crippen molar-refractivity contribution < 1.29 is 14.3 Å². The lowest BCUT2D eigenvalue weighted by Crippen LogP contribution is -2.36. The molecule has 1 saturated carbocycles. The molecule has 0 radical (unpaired) electrons. The Balaban J connectivity index is 1.32. The monoisotopic (exact) mass is 331 g/mol. The highest BCUT2D eigenvalue weighted by molar-refractivity contribution is 5.92. The number of aryl methyl sites for hydroxylation is 1. The van der Waals surface area contributed by atoms with Crippen molar-refractivity contribution in [2.75, 3.05) is 26.2 Å². The average molecular weight is 331 g/mol. The first-order valence-electron chi connectivity index (χ1n) is 8.84. The third kappa shape index (κ3) is 2.73. The van der Waals surface area contributed by atoms with Gasteiger partial charge in [0.15, 0.2) is 0 Å². The molecule has 2 unspecified atom stereocenters. The van der Waals surface area contributed by atoms with E-state index in [1.54, 1.807) is 0 Å². The van der Waals surface area contributed by atoms with Crippen LogP contribution >= 0.6 is 0 Å². The smallest absolute Gasteiger partial charge is 0.267 e. The summed E-state index contributed by atoms with van der Waals surface area (Å²) in [6, 6.07) is 3.68. The minimum absolute atomic E-state index is 0.0521. The van der Waals surface area contributed by atoms with Gasteiger partial charge in [-0.2, -0.15) is 0 Å². The van der Waals surface area contributed by atoms with Gasteiger partial charge in [-0.1, -0.05) is 6.92 Å². The first kappa shape index (κ1) is 15.7. The number of carbonyl (C=O) groups excluding carboxylic acids is 2. The zero-order valence-corrected chi connectivity index (χ0v) is 14.3. The molecule has 6 heteroatoms. The van der Waals surface area contributed by atoms with Crippen molar-refractivity contribution in [2.24, 2.45) is 30.7 Å². The van der Waals surface area contributed by atoms with E-state index in [-0.39, 0.29) is 23.8 Å². The number of fused-ring (bicyclic) bond motifs is 1. The number of amides is 2. The molecule has 1 aromatic heterocycles. The molecule has 1 N–H and O–H groups in total. The summed E-state index contributed by atoms with van der Waals surface area (Å²) in [5, 5.41) is 3.02. The van der Waals surface area contributed by atoms with Crippen molar-refractivity contribution in [3.8, 4) is 0 Å². The van der Waals surface area contributed by atoms with Gasteiger partial charge in [0.1, 0.15) is 5.69 Å². The second-order valence-corrected chi connectivity index (χ2v) is 7.57. The number of nitrogens with zero attached hydrogens (tertiary/aromatic N) is 2. The summed E-state index contributed by atoms with van der Waals surface area (Å²) in [7, 11) is 1.86. The molecular weight excluding hydrogens is 306 g/mol. The molecule has 130 valence electrons. The molecule has 3 heterocycles. The largest absolute Gasteiger partial charge is 0.376 e. The number of carbonyl (C=O) groups is 2. The van der Waals surface area contributed by atoms with Crippen LogP contribution in [-0.2, 0) is 16.6 Å². The fraction of sp³-hybridized carbons (Fsp3) is 0.667. The molecule has 6 nitrogen and oxygen atoms in total. The standard InChI is InChI=1S/C18H25N3O3/c1-11-6-13(11)18(23)21-8-14-12(10-24-16(14)9-21)7-19-17(22)15-4-3-5-20(15)2/h3-5,11-14,16H,6-10H2,1-2H3,(H,19,22)/t11?,12-,13?,14+,16+/m0/s1. The van der Waals surface area contributed by atoms with E-state index in [2.05, 4.69) is 12.2 Å². The van der Waals surface area contributed by atoms with E-state index < -0.39 is 0 Å². The van der Waals surface area contributed by atoms with E-state index >= 15 is 0 Å². The highest BCUT2D eigenvalue weighted by atomic mass is 16.5. The minimum Gasteiger partial charge on any atom is -0.376 e. The Bertz CT molecular complexity index is 656. The molecule has 1 aromatic rings. The lowest BCUT2D eigenvalue weighted by Gasteiger charge is -2.20. The van der Waals surface area contributed by atoms with Gasteiger partial charge < -0.3 is 19.5 Å². The average Bonchev–Trinajstić information content (AvgIpc) is 2.94. The van der Waals surface area contributed by atoms with Crippen LogP contribution in [0.25, 0.3) is 0 Å². The van der Waals surface area contributed by atoms with Gasteiger partial charge in [0.25, 0.3) is 5.91 Å². The Hall–Kier alpha value is -1.82. The Morgan fingerprint density at radius 1 is 1.38 bits per heavy atom. The summed E-state index contributed by atoms with van der Waals surface area (Å²) in [5.41, 5.74) is 0.663. The molecule has 3 fully saturated rings. The van der Waals surface area contributed by atoms with Crippen molar-refractivity contribution in [2.45, 2.75) is 19.4 Å². The first-order valence-corrected chi connectivity index (χ1v) is 8.84. The fourth-order valence-electron chi connectivity index (χ4n) is 4.10. The summed E-state index contributed by atoms with van der Waals surface area (Å²) >= 11 is 0. The van der Waals surface area contributed by atoms with Crippen LogP contribution in [-0.4, -0.2) is 53.6 Å². The van der Waals surface area contributed by atoms with Gasteiger partial charge in [0.2, 0.25) is 5.91 Å². The van der Waals surface area contributed by atoms with Crippen LogP contribution in [0.1, 0.15) is 23.8 Å². The molecule has 5 atom stereocenters. The predicted octanol–water partition coefficient (Wildman–Crippen LogP) is 0.884. The van der Waals surface area contributed by atoms with Gasteiger partial charge in [-0.25, -0.2) is 0 Å². The highest BCUT2D eigenvalue weighted by Gasteiger charge is 2.49. The van der Waals surface area contributed by atoms with Crippen molar-refractivity contribution in [3.05, 3.63) is 24.0 Å². The number of rotatable bonds is 4. The normalized spacial score (nSPS) is 34.2. The third-order valence-electron chi connectivity index (χ3n) is 5.88. The minimum atomic E-state index is -0.0521. The topological polar surface area (TPSA) is 63.6 Å². The van der Waals surface area contributed by atoms with Crippen molar-refractivity contribution >= 4 is 11.8 Å². The quantitative estimate of drug-likeness (QED) is 0.891. The summed E-state index contributed by atoms with van der Waals surface area (Å²) in [6.45, 7) is 4.90. The molecule has 1 aliphatic carbocycles. The van der Waals surface area contributed by atoms with Crippen LogP contribution in [0.3, 0.4) is 0 Å².